The monoisotopic (exact) mass is 372 g/mol. The van der Waals surface area contributed by atoms with Crippen LogP contribution in [0.3, 0.4) is 0 Å². The summed E-state index contributed by atoms with van der Waals surface area (Å²) in [5, 5.41) is 7.04. The summed E-state index contributed by atoms with van der Waals surface area (Å²) in [5.74, 6) is 0. The second-order valence-corrected chi connectivity index (χ2v) is 6.60. The van der Waals surface area contributed by atoms with Crippen LogP contribution in [0.1, 0.15) is 5.56 Å². The van der Waals surface area contributed by atoms with E-state index in [9.17, 15) is 0 Å². The number of aromatic nitrogens is 1. The lowest BCUT2D eigenvalue weighted by Crippen LogP contribution is -1.90. The first-order valence-corrected chi connectivity index (χ1v) is 8.19. The number of fused-ring (bicyclic) bond motifs is 2. The first-order valence-electron chi connectivity index (χ1n) is 6.68. The molecule has 0 saturated carbocycles. The minimum Gasteiger partial charge on any atom is -0.384 e. The van der Waals surface area contributed by atoms with Crippen LogP contribution in [0.2, 0.25) is 20.1 Å². The zero-order valence-corrected chi connectivity index (χ0v) is 14.4. The normalized spacial score (nSPS) is 12.5. The van der Waals surface area contributed by atoms with Gasteiger partial charge in [0.25, 0.3) is 0 Å². The smallest absolute Gasteiger partial charge is 0.0514 e. The molecule has 4 rings (SSSR count). The number of anilines is 1. The number of rotatable bonds is 0. The number of aromatic amines is 1. The molecule has 6 heteroatoms. The van der Waals surface area contributed by atoms with Gasteiger partial charge in [0, 0.05) is 44.4 Å². The number of H-pyrrole nitrogens is 1. The Morgan fingerprint density at radius 2 is 1.59 bits per heavy atom. The van der Waals surface area contributed by atoms with Gasteiger partial charge in [-0.2, -0.15) is 0 Å². The van der Waals surface area contributed by atoms with Crippen molar-refractivity contribution < 1.29 is 0 Å². The van der Waals surface area contributed by atoms with Crippen molar-refractivity contribution in [3.8, 4) is 0 Å². The average molecular weight is 374 g/mol. The second kappa shape index (κ2) is 6.59. The molecule has 22 heavy (non-hydrogen) atoms. The molecule has 0 bridgehead atoms. The molecule has 0 aliphatic carbocycles. The molecule has 1 aromatic heterocycles. The van der Waals surface area contributed by atoms with E-state index in [4.69, 9.17) is 46.4 Å². The van der Waals surface area contributed by atoms with Crippen molar-refractivity contribution in [1.82, 2.24) is 4.98 Å². The summed E-state index contributed by atoms with van der Waals surface area (Å²) in [6, 6.07) is 9.21. The van der Waals surface area contributed by atoms with Gasteiger partial charge in [0.15, 0.2) is 0 Å². The van der Waals surface area contributed by atoms with Gasteiger partial charge in [0.1, 0.15) is 0 Å². The molecule has 0 saturated heterocycles. The Morgan fingerprint density at radius 1 is 0.864 bits per heavy atom. The SMILES string of the molecule is Clc1cc(Cl)c2c(c1)NCC2.Clc1cc(Cl)c2cc[nH]c2c1. The molecule has 3 aromatic rings. The van der Waals surface area contributed by atoms with E-state index < -0.39 is 0 Å². The Labute approximate surface area is 148 Å². The maximum Gasteiger partial charge on any atom is 0.0514 e. The van der Waals surface area contributed by atoms with Crippen LogP contribution in [0, 0.1) is 0 Å². The van der Waals surface area contributed by atoms with Gasteiger partial charge in [0.2, 0.25) is 0 Å². The Hall–Kier alpha value is -1.06. The number of nitrogens with one attached hydrogen (secondary N) is 2. The van der Waals surface area contributed by atoms with Crippen molar-refractivity contribution in [2.45, 2.75) is 6.42 Å². The van der Waals surface area contributed by atoms with Gasteiger partial charge < -0.3 is 10.3 Å². The molecule has 1 aliphatic heterocycles. The summed E-state index contributed by atoms with van der Waals surface area (Å²) >= 11 is 23.4. The van der Waals surface area contributed by atoms with Crippen LogP contribution in [0.25, 0.3) is 10.9 Å². The first kappa shape index (κ1) is 15.8. The second-order valence-electron chi connectivity index (χ2n) is 4.92. The summed E-state index contributed by atoms with van der Waals surface area (Å²) < 4.78 is 0. The fourth-order valence-corrected chi connectivity index (χ4v) is 3.57. The fraction of sp³-hybridized carbons (Fsp3) is 0.125. The molecule has 1 aliphatic rings. The molecule has 0 radical (unpaired) electrons. The minimum atomic E-state index is 0.657. The summed E-state index contributed by atoms with van der Waals surface area (Å²) in [6.45, 7) is 0.968. The van der Waals surface area contributed by atoms with Crippen LogP contribution < -0.4 is 5.32 Å². The lowest BCUT2D eigenvalue weighted by atomic mass is 10.2. The number of hydrogen-bond donors (Lipinski definition) is 2. The summed E-state index contributed by atoms with van der Waals surface area (Å²) in [5.41, 5.74) is 3.25. The standard InChI is InChI=1S/C8H7Cl2N.C8H5Cl2N/c2*9-5-3-7(10)6-1-2-11-8(6)4-5/h3-4,11H,1-2H2;1-4,11H. The highest BCUT2D eigenvalue weighted by Gasteiger charge is 2.13. The molecule has 2 heterocycles. The average Bonchev–Trinajstić information content (AvgIpc) is 3.07. The Kier molecular flexibility index (Phi) is 4.74. The van der Waals surface area contributed by atoms with Crippen molar-refractivity contribution in [2.24, 2.45) is 0 Å². The van der Waals surface area contributed by atoms with Gasteiger partial charge in [-0.15, -0.1) is 0 Å². The van der Waals surface area contributed by atoms with E-state index in [1.165, 1.54) is 5.56 Å². The van der Waals surface area contributed by atoms with Crippen LogP contribution in [-0.4, -0.2) is 11.5 Å². The Balaban J connectivity index is 0.000000131. The van der Waals surface area contributed by atoms with Crippen molar-refractivity contribution >= 4 is 63.0 Å². The molecule has 114 valence electrons. The largest absolute Gasteiger partial charge is 0.384 e. The lowest BCUT2D eigenvalue weighted by Gasteiger charge is -2.01. The van der Waals surface area contributed by atoms with E-state index in [1.807, 2.05) is 24.4 Å². The molecule has 0 fully saturated rings. The number of benzene rings is 2. The van der Waals surface area contributed by atoms with Gasteiger partial charge in [-0.3, -0.25) is 0 Å². The highest BCUT2D eigenvalue weighted by molar-refractivity contribution is 6.38. The third-order valence-electron chi connectivity index (χ3n) is 3.43. The topological polar surface area (TPSA) is 27.8 Å². The summed E-state index contributed by atoms with van der Waals surface area (Å²) in [6.07, 6.45) is 2.85. The van der Waals surface area contributed by atoms with Crippen molar-refractivity contribution in [1.29, 1.82) is 0 Å². The summed E-state index contributed by atoms with van der Waals surface area (Å²) in [4.78, 5) is 3.03. The molecule has 0 spiro atoms. The van der Waals surface area contributed by atoms with Crippen molar-refractivity contribution in [2.75, 3.05) is 11.9 Å². The highest BCUT2D eigenvalue weighted by atomic mass is 35.5. The number of hydrogen-bond acceptors (Lipinski definition) is 1. The maximum absolute atomic E-state index is 5.95. The fourth-order valence-electron chi connectivity index (χ4n) is 2.43. The molecular weight excluding hydrogens is 362 g/mol. The Bertz CT molecular complexity index is 826. The molecule has 2 N–H and O–H groups in total. The maximum atomic E-state index is 5.95. The van der Waals surface area contributed by atoms with Crippen LogP contribution in [0.4, 0.5) is 5.69 Å². The lowest BCUT2D eigenvalue weighted by molar-refractivity contribution is 1.11. The van der Waals surface area contributed by atoms with E-state index in [1.54, 1.807) is 12.1 Å². The molecule has 2 aromatic carbocycles. The van der Waals surface area contributed by atoms with Crippen LogP contribution in [0.5, 0.6) is 0 Å². The molecule has 0 unspecified atom stereocenters. The van der Waals surface area contributed by atoms with E-state index in [0.717, 1.165) is 34.6 Å². The predicted molar refractivity (Wildman–Crippen MR) is 97.0 cm³/mol. The van der Waals surface area contributed by atoms with Crippen LogP contribution >= 0.6 is 46.4 Å². The minimum absolute atomic E-state index is 0.657. The molecule has 0 atom stereocenters. The van der Waals surface area contributed by atoms with E-state index >= 15 is 0 Å². The quantitative estimate of drug-likeness (QED) is 0.466. The third-order valence-corrected chi connectivity index (χ3v) is 4.52. The third kappa shape index (κ3) is 3.31. The van der Waals surface area contributed by atoms with E-state index in [-0.39, 0.29) is 0 Å². The van der Waals surface area contributed by atoms with Gasteiger partial charge >= 0.3 is 0 Å². The van der Waals surface area contributed by atoms with Gasteiger partial charge in [-0.05, 0) is 42.3 Å². The zero-order valence-electron chi connectivity index (χ0n) is 11.4. The van der Waals surface area contributed by atoms with Gasteiger partial charge in [-0.1, -0.05) is 46.4 Å². The van der Waals surface area contributed by atoms with E-state index in [2.05, 4.69) is 10.3 Å². The Morgan fingerprint density at radius 3 is 2.41 bits per heavy atom. The van der Waals surface area contributed by atoms with Crippen LogP contribution in [-0.2, 0) is 6.42 Å². The number of halogens is 4. The molecular formula is C16H12Cl4N2. The van der Waals surface area contributed by atoms with Gasteiger partial charge in [0.05, 0.1) is 5.02 Å². The van der Waals surface area contributed by atoms with E-state index in [0.29, 0.717) is 15.1 Å². The first-order chi connectivity index (χ1) is 10.5. The zero-order chi connectivity index (χ0) is 15.7. The predicted octanol–water partition coefficient (Wildman–Crippen LogP) is 6.44. The van der Waals surface area contributed by atoms with Crippen molar-refractivity contribution in [3.05, 3.63) is 62.2 Å². The molecule has 0 amide bonds. The highest BCUT2D eigenvalue weighted by Crippen LogP contribution is 2.32. The summed E-state index contributed by atoms with van der Waals surface area (Å²) in [7, 11) is 0. The van der Waals surface area contributed by atoms with Gasteiger partial charge in [-0.25, -0.2) is 0 Å². The van der Waals surface area contributed by atoms with Crippen molar-refractivity contribution in [3.63, 3.8) is 0 Å². The molecule has 2 nitrogen and oxygen atoms in total. The van der Waals surface area contributed by atoms with Crippen LogP contribution in [0.15, 0.2) is 36.5 Å².